The number of hydrogen-bond acceptors (Lipinski definition) is 5. The number of rotatable bonds is 4. The fourth-order valence-electron chi connectivity index (χ4n) is 2.12. The first-order valence-corrected chi connectivity index (χ1v) is 6.67. The van der Waals surface area contributed by atoms with Crippen LogP contribution in [0, 0.1) is 0 Å². The van der Waals surface area contributed by atoms with Crippen molar-refractivity contribution in [2.75, 3.05) is 5.12 Å². The molecule has 0 fully saturated rings. The van der Waals surface area contributed by atoms with E-state index in [9.17, 15) is 0 Å². The lowest BCUT2D eigenvalue weighted by Crippen LogP contribution is -2.46. The first-order valence-electron chi connectivity index (χ1n) is 6.67. The third-order valence-corrected chi connectivity index (χ3v) is 3.14. The molecule has 0 unspecified atom stereocenters. The molecule has 0 atom stereocenters. The van der Waals surface area contributed by atoms with Gasteiger partial charge in [-0.2, -0.15) is 15.8 Å². The van der Waals surface area contributed by atoms with Gasteiger partial charge in [-0.25, -0.2) is 5.01 Å². The molecule has 2 aromatic rings. The Labute approximate surface area is 118 Å². The molecule has 0 radical (unpaired) electrons. The molecular formula is C14H18N6. The van der Waals surface area contributed by atoms with Crippen molar-refractivity contribution in [2.24, 2.45) is 5.10 Å². The Morgan fingerprint density at radius 3 is 2.75 bits per heavy atom. The highest BCUT2D eigenvalue weighted by Crippen LogP contribution is 2.17. The number of benzene rings is 1. The number of hydrazone groups is 1. The van der Waals surface area contributed by atoms with Crippen molar-refractivity contribution < 1.29 is 0 Å². The largest absolute Gasteiger partial charge is 0.266 e. The van der Waals surface area contributed by atoms with E-state index in [0.29, 0.717) is 6.04 Å². The van der Waals surface area contributed by atoms with Crippen molar-refractivity contribution in [2.45, 2.75) is 26.4 Å². The fourth-order valence-corrected chi connectivity index (χ4v) is 2.12. The van der Waals surface area contributed by atoms with E-state index >= 15 is 0 Å². The summed E-state index contributed by atoms with van der Waals surface area (Å²) in [6, 6.07) is 10.6. The van der Waals surface area contributed by atoms with Crippen LogP contribution in [0.15, 0.2) is 47.8 Å². The van der Waals surface area contributed by atoms with Gasteiger partial charge in [0.25, 0.3) is 0 Å². The molecule has 1 aliphatic rings. The van der Waals surface area contributed by atoms with Crippen LogP contribution in [0.3, 0.4) is 0 Å². The van der Waals surface area contributed by atoms with Crippen molar-refractivity contribution in [3.63, 3.8) is 0 Å². The lowest BCUT2D eigenvalue weighted by atomic mass is 10.2. The number of anilines is 1. The maximum Gasteiger partial charge on any atom is 0.134 e. The van der Waals surface area contributed by atoms with Crippen LogP contribution in [0.2, 0.25) is 0 Å². The molecule has 0 amide bonds. The smallest absolute Gasteiger partial charge is 0.134 e. The summed E-state index contributed by atoms with van der Waals surface area (Å²) in [4.78, 5) is 0. The van der Waals surface area contributed by atoms with Gasteiger partial charge in [0.05, 0.1) is 18.9 Å². The SMILES string of the molecule is CC(C)N1C=NNN1c1cnn(Cc2ccccc2)c1. The summed E-state index contributed by atoms with van der Waals surface area (Å²) in [5, 5.41) is 12.4. The van der Waals surface area contributed by atoms with Gasteiger partial charge in [0.1, 0.15) is 12.0 Å². The van der Waals surface area contributed by atoms with E-state index in [1.54, 1.807) is 6.34 Å². The molecule has 0 saturated heterocycles. The highest BCUT2D eigenvalue weighted by molar-refractivity contribution is 5.62. The van der Waals surface area contributed by atoms with Gasteiger partial charge in [-0.1, -0.05) is 30.3 Å². The van der Waals surface area contributed by atoms with E-state index in [1.165, 1.54) is 5.56 Å². The summed E-state index contributed by atoms with van der Waals surface area (Å²) in [6.45, 7) is 4.98. The maximum atomic E-state index is 4.40. The molecule has 6 heteroatoms. The lowest BCUT2D eigenvalue weighted by molar-refractivity contribution is 0.324. The Morgan fingerprint density at radius 2 is 2.00 bits per heavy atom. The van der Waals surface area contributed by atoms with Crippen LogP contribution in [-0.4, -0.2) is 27.2 Å². The third kappa shape index (κ3) is 2.45. The Morgan fingerprint density at radius 1 is 1.20 bits per heavy atom. The van der Waals surface area contributed by atoms with E-state index < -0.39 is 0 Å². The standard InChI is InChI=1S/C14H18N6/c1-12(2)19-11-15-17-20(19)14-8-16-18(10-14)9-13-6-4-3-5-7-13/h3-8,10-12,17H,9H2,1-2H3. The lowest BCUT2D eigenvalue weighted by Gasteiger charge is -2.29. The monoisotopic (exact) mass is 270 g/mol. The molecule has 0 spiro atoms. The van der Waals surface area contributed by atoms with Crippen LogP contribution in [0.4, 0.5) is 5.69 Å². The van der Waals surface area contributed by atoms with Crippen molar-refractivity contribution in [3.8, 4) is 0 Å². The van der Waals surface area contributed by atoms with Gasteiger partial charge in [0, 0.05) is 6.04 Å². The summed E-state index contributed by atoms with van der Waals surface area (Å²) < 4.78 is 1.92. The van der Waals surface area contributed by atoms with Gasteiger partial charge in [-0.15, -0.1) is 5.10 Å². The minimum absolute atomic E-state index is 0.325. The maximum absolute atomic E-state index is 4.40. The van der Waals surface area contributed by atoms with Crippen molar-refractivity contribution in [1.82, 2.24) is 20.3 Å². The Balaban J connectivity index is 1.74. The Kier molecular flexibility index (Phi) is 3.28. The quantitative estimate of drug-likeness (QED) is 0.920. The van der Waals surface area contributed by atoms with Crippen LogP contribution in [0.25, 0.3) is 0 Å². The van der Waals surface area contributed by atoms with Crippen LogP contribution in [-0.2, 0) is 6.54 Å². The molecule has 2 heterocycles. The summed E-state index contributed by atoms with van der Waals surface area (Å²) in [7, 11) is 0. The zero-order valence-corrected chi connectivity index (χ0v) is 11.6. The van der Waals surface area contributed by atoms with Gasteiger partial charge in [-0.3, -0.25) is 4.68 Å². The van der Waals surface area contributed by atoms with Crippen LogP contribution >= 0.6 is 0 Å². The highest BCUT2D eigenvalue weighted by Gasteiger charge is 2.21. The summed E-state index contributed by atoms with van der Waals surface area (Å²) in [5.41, 5.74) is 5.15. The van der Waals surface area contributed by atoms with Gasteiger partial charge < -0.3 is 0 Å². The molecule has 1 N–H and O–H groups in total. The minimum atomic E-state index is 0.325. The van der Waals surface area contributed by atoms with Crippen molar-refractivity contribution in [1.29, 1.82) is 0 Å². The third-order valence-electron chi connectivity index (χ3n) is 3.14. The molecule has 1 aliphatic heterocycles. The second kappa shape index (κ2) is 5.24. The molecule has 0 aliphatic carbocycles. The number of hydrogen-bond donors (Lipinski definition) is 1. The van der Waals surface area contributed by atoms with E-state index in [2.05, 4.69) is 41.7 Å². The predicted octanol–water partition coefficient (Wildman–Crippen LogP) is 1.82. The van der Waals surface area contributed by atoms with E-state index in [0.717, 1.165) is 12.2 Å². The number of nitrogens with one attached hydrogen (secondary N) is 1. The fraction of sp³-hybridized carbons (Fsp3) is 0.286. The molecule has 6 nitrogen and oxygen atoms in total. The van der Waals surface area contributed by atoms with Crippen molar-refractivity contribution in [3.05, 3.63) is 48.3 Å². The molecule has 104 valence electrons. The molecule has 20 heavy (non-hydrogen) atoms. The summed E-state index contributed by atoms with van der Waals surface area (Å²) >= 11 is 0. The van der Waals surface area contributed by atoms with Gasteiger partial charge >= 0.3 is 0 Å². The van der Waals surface area contributed by atoms with Crippen molar-refractivity contribution >= 4 is 12.0 Å². The van der Waals surface area contributed by atoms with Crippen LogP contribution < -0.4 is 10.7 Å². The molecule has 1 aromatic carbocycles. The first kappa shape index (κ1) is 12.5. The zero-order chi connectivity index (χ0) is 13.9. The van der Waals surface area contributed by atoms with E-state index in [-0.39, 0.29) is 0 Å². The van der Waals surface area contributed by atoms with E-state index in [4.69, 9.17) is 0 Å². The van der Waals surface area contributed by atoms with Crippen LogP contribution in [0.1, 0.15) is 19.4 Å². The minimum Gasteiger partial charge on any atom is -0.266 e. The Hall–Kier alpha value is -2.50. The normalized spacial score (nSPS) is 14.2. The summed E-state index contributed by atoms with van der Waals surface area (Å²) in [5.74, 6) is 0. The zero-order valence-electron chi connectivity index (χ0n) is 11.6. The molecular weight excluding hydrogens is 252 g/mol. The topological polar surface area (TPSA) is 48.7 Å². The number of nitrogens with zero attached hydrogens (tertiary/aromatic N) is 5. The summed E-state index contributed by atoms with van der Waals surface area (Å²) in [6.07, 6.45) is 5.61. The highest BCUT2D eigenvalue weighted by atomic mass is 15.9. The van der Waals surface area contributed by atoms with Crippen LogP contribution in [0.5, 0.6) is 0 Å². The van der Waals surface area contributed by atoms with Gasteiger partial charge in [0.15, 0.2) is 0 Å². The first-order chi connectivity index (χ1) is 9.74. The average molecular weight is 270 g/mol. The van der Waals surface area contributed by atoms with Gasteiger partial charge in [-0.05, 0) is 19.4 Å². The number of aromatic nitrogens is 2. The second-order valence-corrected chi connectivity index (χ2v) is 5.01. The average Bonchev–Trinajstić information content (AvgIpc) is 3.07. The number of hydrazine groups is 2. The van der Waals surface area contributed by atoms with E-state index in [1.807, 2.05) is 45.4 Å². The predicted molar refractivity (Wildman–Crippen MR) is 78.9 cm³/mol. The second-order valence-electron chi connectivity index (χ2n) is 5.01. The molecule has 3 rings (SSSR count). The Bertz CT molecular complexity index is 589. The molecule has 1 aromatic heterocycles. The van der Waals surface area contributed by atoms with Gasteiger partial charge in [0.2, 0.25) is 0 Å². The molecule has 0 bridgehead atoms. The molecule has 0 saturated carbocycles.